The quantitative estimate of drug-likeness (QED) is 0.842. The van der Waals surface area contributed by atoms with Crippen LogP contribution in [-0.4, -0.2) is 16.6 Å². The van der Waals surface area contributed by atoms with E-state index in [1.165, 1.54) is 18.3 Å². The average molecular weight is 398 g/mol. The van der Waals surface area contributed by atoms with Crippen LogP contribution in [0.2, 0.25) is 0 Å². The fourth-order valence-corrected chi connectivity index (χ4v) is 1.40. The number of rotatable bonds is 2. The van der Waals surface area contributed by atoms with E-state index in [9.17, 15) is 13.6 Å². The number of ether oxygens (including phenoxy) is 1. The second-order valence-electron chi connectivity index (χ2n) is 3.06. The number of nitrogens with zero attached hydrogens (tertiary/aromatic N) is 1. The third-order valence-electron chi connectivity index (χ3n) is 1.66. The van der Waals surface area contributed by atoms with Crippen LogP contribution in [0, 0.1) is 0 Å². The monoisotopic (exact) mass is 396 g/mol. The van der Waals surface area contributed by atoms with Crippen molar-refractivity contribution in [2.24, 2.45) is 0 Å². The molecule has 0 aliphatic carbocycles. The van der Waals surface area contributed by atoms with Gasteiger partial charge >= 0.3 is 6.61 Å². The van der Waals surface area contributed by atoms with Crippen LogP contribution in [0.5, 0.6) is 5.88 Å². The van der Waals surface area contributed by atoms with Crippen LogP contribution in [0.1, 0.15) is 0 Å². The summed E-state index contributed by atoms with van der Waals surface area (Å²) in [6, 6.07) is 6.09. The van der Waals surface area contributed by atoms with Crippen LogP contribution in [0.3, 0.4) is 0 Å². The molecule has 0 aromatic carbocycles. The molecule has 1 N–H and O–H groups in total. The zero-order valence-corrected chi connectivity index (χ0v) is 12.5. The summed E-state index contributed by atoms with van der Waals surface area (Å²) in [7, 11) is 0. The van der Waals surface area contributed by atoms with E-state index >= 15 is 0 Å². The van der Waals surface area contributed by atoms with Crippen molar-refractivity contribution in [1.82, 2.24) is 9.97 Å². The molecule has 0 unspecified atom stereocenters. The van der Waals surface area contributed by atoms with Crippen molar-refractivity contribution in [3.8, 4) is 5.88 Å². The smallest absolute Gasteiger partial charge is 0.388 e. The molecule has 0 amide bonds. The van der Waals surface area contributed by atoms with E-state index in [0.29, 0.717) is 0 Å². The summed E-state index contributed by atoms with van der Waals surface area (Å²) >= 11 is 6.28. The Labute approximate surface area is 124 Å². The molecule has 2 rings (SSSR count). The number of halogens is 4. The van der Waals surface area contributed by atoms with Crippen molar-refractivity contribution in [3.63, 3.8) is 0 Å². The van der Waals surface area contributed by atoms with Crippen LogP contribution < -0.4 is 10.3 Å². The first-order valence-corrected chi connectivity index (χ1v) is 6.46. The highest BCUT2D eigenvalue weighted by Gasteiger charge is 2.03. The van der Waals surface area contributed by atoms with Crippen molar-refractivity contribution < 1.29 is 13.5 Å². The van der Waals surface area contributed by atoms with E-state index in [-0.39, 0.29) is 11.4 Å². The lowest BCUT2D eigenvalue weighted by Gasteiger charge is -2.01. The number of aromatic amines is 1. The summed E-state index contributed by atoms with van der Waals surface area (Å²) in [5.41, 5.74) is -0.0757. The second kappa shape index (κ2) is 8.00. The third kappa shape index (κ3) is 7.02. The van der Waals surface area contributed by atoms with Gasteiger partial charge in [0.15, 0.2) is 0 Å². The van der Waals surface area contributed by atoms with Crippen molar-refractivity contribution in [3.05, 3.63) is 56.0 Å². The molecule has 2 aromatic heterocycles. The zero-order chi connectivity index (χ0) is 14.3. The van der Waals surface area contributed by atoms with Gasteiger partial charge in [0.1, 0.15) is 0 Å². The van der Waals surface area contributed by atoms with Gasteiger partial charge in [-0.3, -0.25) is 4.79 Å². The number of nitrogens with one attached hydrogen (secondary N) is 1. The van der Waals surface area contributed by atoms with Gasteiger partial charge in [-0.25, -0.2) is 4.98 Å². The maximum atomic E-state index is 11.5. The van der Waals surface area contributed by atoms with Crippen LogP contribution in [0.4, 0.5) is 8.78 Å². The number of pyridine rings is 2. The zero-order valence-electron chi connectivity index (χ0n) is 9.32. The van der Waals surface area contributed by atoms with E-state index in [0.717, 1.165) is 8.95 Å². The van der Waals surface area contributed by atoms with Crippen molar-refractivity contribution in [2.75, 3.05) is 0 Å². The van der Waals surface area contributed by atoms with Crippen LogP contribution in [0.25, 0.3) is 0 Å². The summed E-state index contributed by atoms with van der Waals surface area (Å²) in [5.74, 6) is -0.0804. The highest BCUT2D eigenvalue weighted by atomic mass is 79.9. The molecular formula is C11H8Br2F2N2O2. The molecule has 19 heavy (non-hydrogen) atoms. The largest absolute Gasteiger partial charge is 0.417 e. The van der Waals surface area contributed by atoms with E-state index in [1.54, 1.807) is 18.3 Å². The maximum Gasteiger partial charge on any atom is 0.388 e. The van der Waals surface area contributed by atoms with E-state index < -0.39 is 6.61 Å². The predicted molar refractivity (Wildman–Crippen MR) is 73.3 cm³/mol. The fraction of sp³-hybridized carbons (Fsp3) is 0.0909. The van der Waals surface area contributed by atoms with Gasteiger partial charge in [-0.1, -0.05) is 0 Å². The van der Waals surface area contributed by atoms with Crippen molar-refractivity contribution in [1.29, 1.82) is 0 Å². The first kappa shape index (κ1) is 15.8. The lowest BCUT2D eigenvalue weighted by molar-refractivity contribution is -0.0528. The molecule has 2 heterocycles. The van der Waals surface area contributed by atoms with Crippen LogP contribution in [-0.2, 0) is 0 Å². The van der Waals surface area contributed by atoms with Gasteiger partial charge in [0, 0.05) is 33.5 Å². The number of alkyl halides is 2. The van der Waals surface area contributed by atoms with Crippen molar-refractivity contribution in [2.45, 2.75) is 6.61 Å². The number of H-pyrrole nitrogens is 1. The number of hydrogen-bond donors (Lipinski definition) is 1. The molecule has 0 bridgehead atoms. The Bertz CT molecular complexity index is 541. The molecule has 8 heteroatoms. The lowest BCUT2D eigenvalue weighted by Crippen LogP contribution is -2.02. The Morgan fingerprint density at radius 2 is 1.84 bits per heavy atom. The standard InChI is InChI=1S/C6H4BrF2NO.C5H4BrNO/c7-4-1-2-5(10-3-4)11-6(8)9;6-4-1-2-5(8)7-3-4/h1-3,6H;1-3H,(H,7,8). The molecule has 0 aliphatic heterocycles. The molecule has 4 nitrogen and oxygen atoms in total. The van der Waals surface area contributed by atoms with Gasteiger partial charge in [0.2, 0.25) is 11.4 Å². The Hall–Kier alpha value is -1.28. The molecule has 0 radical (unpaired) electrons. The molecule has 0 saturated carbocycles. The van der Waals surface area contributed by atoms with Crippen LogP contribution in [0.15, 0.2) is 50.4 Å². The van der Waals surface area contributed by atoms with E-state index in [1.807, 2.05) is 0 Å². The fourth-order valence-electron chi connectivity index (χ4n) is 0.915. The molecule has 0 atom stereocenters. The third-order valence-corrected chi connectivity index (χ3v) is 2.62. The van der Waals surface area contributed by atoms with Gasteiger partial charge in [0.25, 0.3) is 0 Å². The van der Waals surface area contributed by atoms with Crippen LogP contribution >= 0.6 is 31.9 Å². The normalized spacial score (nSPS) is 9.74. The Morgan fingerprint density at radius 1 is 1.16 bits per heavy atom. The summed E-state index contributed by atoms with van der Waals surface area (Å²) in [6.45, 7) is -2.82. The van der Waals surface area contributed by atoms with Crippen molar-refractivity contribution >= 4 is 31.9 Å². The molecule has 0 saturated heterocycles. The minimum Gasteiger partial charge on any atom is -0.417 e. The predicted octanol–water partition coefficient (Wildman–Crippen LogP) is 3.58. The van der Waals surface area contributed by atoms with E-state index in [2.05, 4.69) is 46.6 Å². The summed E-state index contributed by atoms with van der Waals surface area (Å²) in [6.07, 6.45) is 2.99. The molecule has 102 valence electrons. The molecule has 2 aromatic rings. The van der Waals surface area contributed by atoms with Gasteiger partial charge in [-0.15, -0.1) is 0 Å². The highest BCUT2D eigenvalue weighted by molar-refractivity contribution is 9.10. The second-order valence-corrected chi connectivity index (χ2v) is 4.90. The topological polar surface area (TPSA) is 55.0 Å². The lowest BCUT2D eigenvalue weighted by atomic mass is 10.5. The number of hydrogen-bond acceptors (Lipinski definition) is 3. The summed E-state index contributed by atoms with van der Waals surface area (Å²) in [4.78, 5) is 16.4. The maximum absolute atomic E-state index is 11.5. The Balaban J connectivity index is 0.000000200. The van der Waals surface area contributed by atoms with Gasteiger partial charge in [-0.2, -0.15) is 8.78 Å². The first-order chi connectivity index (χ1) is 8.97. The van der Waals surface area contributed by atoms with Gasteiger partial charge in [0.05, 0.1) is 0 Å². The minimum atomic E-state index is -2.82. The Kier molecular flexibility index (Phi) is 6.65. The van der Waals surface area contributed by atoms with Gasteiger partial charge < -0.3 is 9.72 Å². The first-order valence-electron chi connectivity index (χ1n) is 4.88. The molecule has 0 fully saturated rings. The molecule has 0 spiro atoms. The van der Waals surface area contributed by atoms with E-state index in [4.69, 9.17) is 0 Å². The molecule has 0 aliphatic rings. The minimum absolute atomic E-state index is 0.0757. The average Bonchev–Trinajstić information content (AvgIpc) is 2.36. The summed E-state index contributed by atoms with van der Waals surface area (Å²) < 4.78 is 28.7. The highest BCUT2D eigenvalue weighted by Crippen LogP contribution is 2.13. The number of aromatic nitrogens is 2. The van der Waals surface area contributed by atoms with Gasteiger partial charge in [-0.05, 0) is 44.0 Å². The molecular weight excluding hydrogens is 390 g/mol. The SMILES string of the molecule is FC(F)Oc1ccc(Br)cn1.O=c1ccc(Br)c[nH]1. The Morgan fingerprint density at radius 3 is 2.26 bits per heavy atom. The summed E-state index contributed by atoms with van der Waals surface area (Å²) in [5, 5.41) is 0.